The topological polar surface area (TPSA) is 58.6 Å². The number of rotatable bonds is 7. The maximum Gasteiger partial charge on any atom is 0.226 e. The number of nitrogens with one attached hydrogen (secondary N) is 1. The first-order valence-electron chi connectivity index (χ1n) is 7.18. The largest absolute Gasteiger partial charge is 0.495 e. The first kappa shape index (κ1) is 17.0. The lowest BCUT2D eigenvalue weighted by Crippen LogP contribution is -2.32. The molecule has 0 aliphatic heterocycles. The molecule has 5 heteroatoms. The van der Waals surface area contributed by atoms with Crippen LogP contribution in [0.2, 0.25) is 0 Å². The van der Waals surface area contributed by atoms with Gasteiger partial charge in [0.15, 0.2) is 0 Å². The Hall–Kier alpha value is -2.04. The standard InChI is InChI=1S/C16H24N2O3/c1-5-9-18(13(3)19)10-8-16(20)17-14-11-12(2)6-7-15(14)21-4/h6-7,11H,5,8-10H2,1-4H3,(H,17,20). The zero-order valence-electron chi connectivity index (χ0n) is 13.2. The molecule has 0 aliphatic rings. The van der Waals surface area contributed by atoms with Crippen LogP contribution in [0.25, 0.3) is 0 Å². The van der Waals surface area contributed by atoms with E-state index < -0.39 is 0 Å². The Morgan fingerprint density at radius 1 is 1.29 bits per heavy atom. The Bertz CT molecular complexity index is 500. The Labute approximate surface area is 126 Å². The summed E-state index contributed by atoms with van der Waals surface area (Å²) in [4.78, 5) is 25.1. The number of carbonyl (C=O) groups is 2. The van der Waals surface area contributed by atoms with Gasteiger partial charge in [-0.3, -0.25) is 9.59 Å². The van der Waals surface area contributed by atoms with Gasteiger partial charge in [-0.1, -0.05) is 13.0 Å². The fourth-order valence-electron chi connectivity index (χ4n) is 2.07. The number of aryl methyl sites for hydroxylation is 1. The van der Waals surface area contributed by atoms with E-state index in [1.54, 1.807) is 12.0 Å². The molecule has 0 spiro atoms. The predicted octanol–water partition coefficient (Wildman–Crippen LogP) is 2.59. The lowest BCUT2D eigenvalue weighted by Gasteiger charge is -2.20. The van der Waals surface area contributed by atoms with E-state index in [0.717, 1.165) is 12.0 Å². The molecule has 0 atom stereocenters. The highest BCUT2D eigenvalue weighted by molar-refractivity contribution is 5.92. The molecule has 1 aromatic carbocycles. The third kappa shape index (κ3) is 5.45. The quantitative estimate of drug-likeness (QED) is 0.840. The summed E-state index contributed by atoms with van der Waals surface area (Å²) in [6, 6.07) is 5.61. The third-order valence-corrected chi connectivity index (χ3v) is 3.18. The first-order chi connectivity index (χ1) is 9.97. The van der Waals surface area contributed by atoms with Gasteiger partial charge in [0.25, 0.3) is 0 Å². The molecule has 0 aromatic heterocycles. The second-order valence-corrected chi connectivity index (χ2v) is 5.01. The molecule has 0 radical (unpaired) electrons. The van der Waals surface area contributed by atoms with Crippen molar-refractivity contribution in [3.8, 4) is 5.75 Å². The normalized spacial score (nSPS) is 10.1. The van der Waals surface area contributed by atoms with Crippen molar-refractivity contribution in [2.75, 3.05) is 25.5 Å². The van der Waals surface area contributed by atoms with Crippen LogP contribution in [-0.2, 0) is 9.59 Å². The van der Waals surface area contributed by atoms with Crippen LogP contribution < -0.4 is 10.1 Å². The lowest BCUT2D eigenvalue weighted by atomic mass is 10.2. The molecule has 0 fully saturated rings. The van der Waals surface area contributed by atoms with Crippen LogP contribution in [0.3, 0.4) is 0 Å². The summed E-state index contributed by atoms with van der Waals surface area (Å²) in [5, 5.41) is 2.84. The minimum Gasteiger partial charge on any atom is -0.495 e. The highest BCUT2D eigenvalue weighted by Gasteiger charge is 2.12. The summed E-state index contributed by atoms with van der Waals surface area (Å²) in [5.74, 6) is 0.505. The molecule has 0 saturated carbocycles. The molecule has 2 amide bonds. The van der Waals surface area contributed by atoms with Crippen LogP contribution in [0.5, 0.6) is 5.75 Å². The van der Waals surface area contributed by atoms with Gasteiger partial charge in [-0.2, -0.15) is 0 Å². The van der Waals surface area contributed by atoms with Crippen LogP contribution in [0.15, 0.2) is 18.2 Å². The number of hydrogen-bond donors (Lipinski definition) is 1. The molecule has 5 nitrogen and oxygen atoms in total. The summed E-state index contributed by atoms with van der Waals surface area (Å²) < 4.78 is 5.22. The van der Waals surface area contributed by atoms with Gasteiger partial charge >= 0.3 is 0 Å². The summed E-state index contributed by atoms with van der Waals surface area (Å²) >= 11 is 0. The van der Waals surface area contributed by atoms with Crippen LogP contribution in [0.4, 0.5) is 5.69 Å². The second kappa shape index (κ2) is 8.29. The van der Waals surface area contributed by atoms with E-state index in [2.05, 4.69) is 5.32 Å². The molecule has 0 saturated heterocycles. The van der Waals surface area contributed by atoms with Crippen molar-refractivity contribution in [2.45, 2.75) is 33.6 Å². The average Bonchev–Trinajstić information content (AvgIpc) is 2.43. The fraction of sp³-hybridized carbons (Fsp3) is 0.500. The summed E-state index contributed by atoms with van der Waals surface area (Å²) in [6.07, 6.45) is 1.16. The number of hydrogen-bond acceptors (Lipinski definition) is 3. The van der Waals surface area contributed by atoms with Gasteiger partial charge in [-0.05, 0) is 31.0 Å². The Balaban J connectivity index is 2.61. The number of nitrogens with zero attached hydrogens (tertiary/aromatic N) is 1. The number of benzene rings is 1. The maximum atomic E-state index is 12.0. The van der Waals surface area contributed by atoms with Gasteiger partial charge in [-0.15, -0.1) is 0 Å². The highest BCUT2D eigenvalue weighted by Crippen LogP contribution is 2.25. The summed E-state index contributed by atoms with van der Waals surface area (Å²) in [7, 11) is 1.57. The van der Waals surface area contributed by atoms with Gasteiger partial charge in [0.2, 0.25) is 11.8 Å². The van der Waals surface area contributed by atoms with Crippen molar-refractivity contribution < 1.29 is 14.3 Å². The van der Waals surface area contributed by atoms with Gasteiger partial charge in [0, 0.05) is 26.4 Å². The molecule has 1 aromatic rings. The monoisotopic (exact) mass is 292 g/mol. The minimum absolute atomic E-state index is 0.00205. The summed E-state index contributed by atoms with van der Waals surface area (Å²) in [5.41, 5.74) is 1.70. The van der Waals surface area contributed by atoms with E-state index in [9.17, 15) is 9.59 Å². The number of ether oxygens (including phenoxy) is 1. The molecule has 1 rings (SSSR count). The van der Waals surface area contributed by atoms with Gasteiger partial charge in [0.05, 0.1) is 12.8 Å². The SMILES string of the molecule is CCCN(CCC(=O)Nc1cc(C)ccc1OC)C(C)=O. The fourth-order valence-corrected chi connectivity index (χ4v) is 2.07. The Morgan fingerprint density at radius 3 is 2.57 bits per heavy atom. The molecular formula is C16H24N2O3. The van der Waals surface area contributed by atoms with E-state index in [-0.39, 0.29) is 18.2 Å². The zero-order valence-corrected chi connectivity index (χ0v) is 13.2. The first-order valence-corrected chi connectivity index (χ1v) is 7.18. The third-order valence-electron chi connectivity index (χ3n) is 3.18. The lowest BCUT2D eigenvalue weighted by molar-refractivity contribution is -0.129. The van der Waals surface area contributed by atoms with Crippen molar-refractivity contribution >= 4 is 17.5 Å². The molecule has 116 valence electrons. The zero-order chi connectivity index (χ0) is 15.8. The number of carbonyl (C=O) groups excluding carboxylic acids is 2. The molecule has 0 aliphatic carbocycles. The number of anilines is 1. The van der Waals surface area contributed by atoms with Gasteiger partial charge in [-0.25, -0.2) is 0 Å². The molecule has 0 unspecified atom stereocenters. The summed E-state index contributed by atoms with van der Waals surface area (Å²) in [6.45, 7) is 6.60. The van der Waals surface area contributed by atoms with E-state index in [4.69, 9.17) is 4.74 Å². The van der Waals surface area contributed by atoms with E-state index in [1.807, 2.05) is 32.0 Å². The van der Waals surface area contributed by atoms with Crippen molar-refractivity contribution in [3.63, 3.8) is 0 Å². The highest BCUT2D eigenvalue weighted by atomic mass is 16.5. The molecule has 1 N–H and O–H groups in total. The van der Waals surface area contributed by atoms with E-state index in [0.29, 0.717) is 24.5 Å². The molecule has 21 heavy (non-hydrogen) atoms. The van der Waals surface area contributed by atoms with Gasteiger partial charge < -0.3 is 15.0 Å². The molecular weight excluding hydrogens is 268 g/mol. The van der Waals surface area contributed by atoms with Crippen LogP contribution >= 0.6 is 0 Å². The number of methoxy groups -OCH3 is 1. The second-order valence-electron chi connectivity index (χ2n) is 5.01. The van der Waals surface area contributed by atoms with E-state index in [1.165, 1.54) is 6.92 Å². The van der Waals surface area contributed by atoms with Crippen molar-refractivity contribution in [3.05, 3.63) is 23.8 Å². The molecule has 0 bridgehead atoms. The van der Waals surface area contributed by atoms with Crippen molar-refractivity contribution in [2.24, 2.45) is 0 Å². The average molecular weight is 292 g/mol. The van der Waals surface area contributed by atoms with Crippen molar-refractivity contribution in [1.82, 2.24) is 4.90 Å². The van der Waals surface area contributed by atoms with Crippen LogP contribution in [0.1, 0.15) is 32.3 Å². The van der Waals surface area contributed by atoms with Gasteiger partial charge in [0.1, 0.15) is 5.75 Å². The predicted molar refractivity (Wildman–Crippen MR) is 83.5 cm³/mol. The Morgan fingerprint density at radius 2 is 2.00 bits per heavy atom. The molecule has 0 heterocycles. The maximum absolute atomic E-state index is 12.0. The van der Waals surface area contributed by atoms with Crippen molar-refractivity contribution in [1.29, 1.82) is 0 Å². The van der Waals surface area contributed by atoms with Crippen LogP contribution in [-0.4, -0.2) is 36.9 Å². The minimum atomic E-state index is -0.124. The number of amides is 2. The smallest absolute Gasteiger partial charge is 0.226 e. The van der Waals surface area contributed by atoms with E-state index >= 15 is 0 Å². The van der Waals surface area contributed by atoms with Crippen LogP contribution in [0, 0.1) is 6.92 Å². The Kier molecular flexibility index (Phi) is 6.72.